The van der Waals surface area contributed by atoms with Crippen LogP contribution in [0, 0.1) is 6.92 Å². The molecule has 1 atom stereocenters. The molecule has 1 amide bonds. The van der Waals surface area contributed by atoms with Crippen LogP contribution < -0.4 is 14.9 Å². The minimum Gasteiger partial charge on any atom is -0.493 e. The number of ether oxygens (including phenoxy) is 3. The zero-order valence-electron chi connectivity index (χ0n) is 21.6. The summed E-state index contributed by atoms with van der Waals surface area (Å²) in [5, 5.41) is 0.425. The Morgan fingerprint density at radius 3 is 2.34 bits per heavy atom. The van der Waals surface area contributed by atoms with E-state index in [1.165, 1.54) is 7.11 Å². The van der Waals surface area contributed by atoms with Crippen LogP contribution >= 0.6 is 0 Å². The molecule has 4 aromatic rings. The molecule has 8 nitrogen and oxygen atoms in total. The fourth-order valence-electron chi connectivity index (χ4n) is 4.92. The number of fused-ring (bicyclic) bond motifs is 2. The standard InChI is InChI=1S/C30H27NO7/c1-17-5-11-22-21(15-17)27(32)25-26(19-7-9-20(10-8-19)30(34)37-4)31(29(33)28(25)38-22)14-13-18-6-12-23(35-2)24(16-18)36-3/h5-12,15-16,26H,13-14H2,1-4H3. The van der Waals surface area contributed by atoms with Crippen molar-refractivity contribution >= 4 is 22.8 Å². The van der Waals surface area contributed by atoms with E-state index in [2.05, 4.69) is 0 Å². The first-order chi connectivity index (χ1) is 18.4. The molecule has 38 heavy (non-hydrogen) atoms. The summed E-state index contributed by atoms with van der Waals surface area (Å²) < 4.78 is 21.6. The van der Waals surface area contributed by atoms with Crippen molar-refractivity contribution in [2.75, 3.05) is 27.9 Å². The van der Waals surface area contributed by atoms with Crippen LogP contribution in [0.1, 0.15) is 49.2 Å². The van der Waals surface area contributed by atoms with Gasteiger partial charge in [0.25, 0.3) is 5.91 Å². The Hall–Kier alpha value is -4.59. The summed E-state index contributed by atoms with van der Waals surface area (Å²) in [6.07, 6.45) is 0.504. The number of benzene rings is 3. The molecule has 1 unspecified atom stereocenters. The van der Waals surface area contributed by atoms with Crippen molar-refractivity contribution in [1.29, 1.82) is 0 Å². The second kappa shape index (κ2) is 10.0. The highest BCUT2D eigenvalue weighted by Crippen LogP contribution is 2.38. The smallest absolute Gasteiger partial charge is 0.337 e. The molecule has 0 radical (unpaired) electrons. The Balaban J connectivity index is 1.59. The Kier molecular flexibility index (Phi) is 6.63. The van der Waals surface area contributed by atoms with Crippen LogP contribution in [-0.2, 0) is 11.2 Å². The lowest BCUT2D eigenvalue weighted by Gasteiger charge is -2.25. The second-order valence-corrected chi connectivity index (χ2v) is 9.13. The summed E-state index contributed by atoms with van der Waals surface area (Å²) in [5.74, 6) is 0.421. The van der Waals surface area contributed by atoms with Crippen LogP contribution in [0.2, 0.25) is 0 Å². The van der Waals surface area contributed by atoms with Gasteiger partial charge in [0.15, 0.2) is 16.9 Å². The monoisotopic (exact) mass is 513 g/mol. The van der Waals surface area contributed by atoms with Crippen LogP contribution in [-0.4, -0.2) is 44.7 Å². The molecule has 1 aromatic heterocycles. The number of nitrogens with zero attached hydrogens (tertiary/aromatic N) is 1. The van der Waals surface area contributed by atoms with Gasteiger partial charge in [0, 0.05) is 6.54 Å². The average molecular weight is 514 g/mol. The number of amides is 1. The van der Waals surface area contributed by atoms with Crippen molar-refractivity contribution in [1.82, 2.24) is 4.90 Å². The molecule has 8 heteroatoms. The van der Waals surface area contributed by atoms with Gasteiger partial charge in [-0.15, -0.1) is 0 Å². The highest BCUT2D eigenvalue weighted by molar-refractivity contribution is 5.99. The van der Waals surface area contributed by atoms with E-state index in [-0.39, 0.29) is 17.1 Å². The van der Waals surface area contributed by atoms with Gasteiger partial charge in [-0.2, -0.15) is 0 Å². The Labute approximate surface area is 219 Å². The maximum Gasteiger partial charge on any atom is 0.337 e. The molecular formula is C30H27NO7. The van der Waals surface area contributed by atoms with E-state index in [1.807, 2.05) is 31.2 Å². The van der Waals surface area contributed by atoms with E-state index in [0.717, 1.165) is 11.1 Å². The summed E-state index contributed by atoms with van der Waals surface area (Å²) in [4.78, 5) is 41.1. The molecule has 0 fully saturated rings. The molecule has 0 spiro atoms. The van der Waals surface area contributed by atoms with Crippen LogP contribution in [0.5, 0.6) is 11.5 Å². The van der Waals surface area contributed by atoms with E-state index in [9.17, 15) is 14.4 Å². The largest absolute Gasteiger partial charge is 0.493 e. The number of hydrogen-bond acceptors (Lipinski definition) is 7. The molecule has 0 saturated carbocycles. The molecule has 5 rings (SSSR count). The second-order valence-electron chi connectivity index (χ2n) is 9.13. The number of hydrogen-bond donors (Lipinski definition) is 0. The van der Waals surface area contributed by atoms with E-state index in [4.69, 9.17) is 18.6 Å². The summed E-state index contributed by atoms with van der Waals surface area (Å²) in [5.41, 5.74) is 3.34. The van der Waals surface area contributed by atoms with Crippen molar-refractivity contribution < 1.29 is 28.2 Å². The fraction of sp³-hybridized carbons (Fsp3) is 0.233. The van der Waals surface area contributed by atoms with E-state index in [1.54, 1.807) is 55.5 Å². The summed E-state index contributed by atoms with van der Waals surface area (Å²) in [6, 6.07) is 17.0. The normalized spacial score (nSPS) is 14.5. The van der Waals surface area contributed by atoms with Gasteiger partial charge in [-0.05, 0) is 60.9 Å². The average Bonchev–Trinajstić information content (AvgIpc) is 3.23. The predicted molar refractivity (Wildman–Crippen MR) is 141 cm³/mol. The van der Waals surface area contributed by atoms with Crippen LogP contribution in [0.4, 0.5) is 0 Å². The lowest BCUT2D eigenvalue weighted by molar-refractivity contribution is 0.0600. The van der Waals surface area contributed by atoms with Crippen molar-refractivity contribution in [3.8, 4) is 11.5 Å². The highest BCUT2D eigenvalue weighted by atomic mass is 16.5. The molecule has 3 aromatic carbocycles. The van der Waals surface area contributed by atoms with E-state index in [0.29, 0.717) is 52.1 Å². The van der Waals surface area contributed by atoms with Crippen molar-refractivity contribution in [2.24, 2.45) is 0 Å². The number of methoxy groups -OCH3 is 3. The number of esters is 1. The SMILES string of the molecule is COC(=O)c1ccc(C2c3c(oc4ccc(C)cc4c3=O)C(=O)N2CCc2ccc(OC)c(OC)c2)cc1. The number of aryl methyl sites for hydroxylation is 1. The van der Waals surface area contributed by atoms with Gasteiger partial charge in [0.1, 0.15) is 5.58 Å². The minimum absolute atomic E-state index is 0.0423. The lowest BCUT2D eigenvalue weighted by atomic mass is 9.97. The Morgan fingerprint density at radius 1 is 0.921 bits per heavy atom. The molecule has 1 aliphatic heterocycles. The maximum atomic E-state index is 13.8. The molecule has 0 N–H and O–H groups in total. The van der Waals surface area contributed by atoms with Gasteiger partial charge in [-0.3, -0.25) is 9.59 Å². The molecule has 0 saturated heterocycles. The quantitative estimate of drug-likeness (QED) is 0.331. The van der Waals surface area contributed by atoms with Crippen molar-refractivity contribution in [3.63, 3.8) is 0 Å². The van der Waals surface area contributed by atoms with Gasteiger partial charge in [-0.25, -0.2) is 4.79 Å². The third kappa shape index (κ3) is 4.28. The van der Waals surface area contributed by atoms with Gasteiger partial charge in [-0.1, -0.05) is 29.8 Å². The van der Waals surface area contributed by atoms with Gasteiger partial charge in [0.05, 0.1) is 43.9 Å². The van der Waals surface area contributed by atoms with E-state index >= 15 is 0 Å². The molecule has 0 bridgehead atoms. The lowest BCUT2D eigenvalue weighted by Crippen LogP contribution is -2.31. The number of carbonyl (C=O) groups is 2. The molecule has 0 aliphatic carbocycles. The highest BCUT2D eigenvalue weighted by Gasteiger charge is 2.42. The Bertz CT molecular complexity index is 1600. The van der Waals surface area contributed by atoms with Crippen molar-refractivity contribution in [3.05, 3.63) is 104 Å². The fourth-order valence-corrected chi connectivity index (χ4v) is 4.92. The maximum absolute atomic E-state index is 13.8. The first kappa shape index (κ1) is 25.1. The molecule has 194 valence electrons. The molecule has 1 aliphatic rings. The third-order valence-corrected chi connectivity index (χ3v) is 6.86. The zero-order valence-corrected chi connectivity index (χ0v) is 21.6. The zero-order chi connectivity index (χ0) is 27.0. The van der Waals surface area contributed by atoms with Gasteiger partial charge >= 0.3 is 5.97 Å². The van der Waals surface area contributed by atoms with Gasteiger partial charge in [0.2, 0.25) is 5.76 Å². The summed E-state index contributed by atoms with van der Waals surface area (Å²) in [7, 11) is 4.46. The molecule has 2 heterocycles. The first-order valence-corrected chi connectivity index (χ1v) is 12.1. The molecular weight excluding hydrogens is 486 g/mol. The summed E-state index contributed by atoms with van der Waals surface area (Å²) in [6.45, 7) is 2.21. The van der Waals surface area contributed by atoms with Crippen molar-refractivity contribution in [2.45, 2.75) is 19.4 Å². The van der Waals surface area contributed by atoms with E-state index < -0.39 is 12.0 Å². The van der Waals surface area contributed by atoms with Gasteiger partial charge < -0.3 is 23.5 Å². The van der Waals surface area contributed by atoms with Crippen LogP contribution in [0.15, 0.2) is 69.9 Å². The Morgan fingerprint density at radius 2 is 1.66 bits per heavy atom. The third-order valence-electron chi connectivity index (χ3n) is 6.86. The first-order valence-electron chi connectivity index (χ1n) is 12.1. The van der Waals surface area contributed by atoms with Crippen LogP contribution in [0.25, 0.3) is 11.0 Å². The predicted octanol–water partition coefficient (Wildman–Crippen LogP) is 4.69. The summed E-state index contributed by atoms with van der Waals surface area (Å²) >= 11 is 0. The minimum atomic E-state index is -0.675. The number of carbonyl (C=O) groups excluding carboxylic acids is 2. The number of rotatable bonds is 7. The van der Waals surface area contributed by atoms with Crippen LogP contribution in [0.3, 0.4) is 0 Å². The topological polar surface area (TPSA) is 95.3 Å².